The number of fused-ring (bicyclic) bond motifs is 1. The molecule has 0 saturated heterocycles. The van der Waals surface area contributed by atoms with Gasteiger partial charge in [-0.25, -0.2) is 14.8 Å². The Labute approximate surface area is 109 Å². The molecule has 2 heterocycles. The van der Waals surface area contributed by atoms with E-state index in [2.05, 4.69) is 9.97 Å². The molecule has 3 aromatic rings. The molecule has 94 valence electrons. The molecule has 1 aromatic carbocycles. The number of rotatable bonds is 3. The number of nitrogens with zero attached hydrogens (tertiary/aromatic N) is 3. The first-order valence-electron chi connectivity index (χ1n) is 5.82. The Morgan fingerprint density at radius 1 is 1.21 bits per heavy atom. The van der Waals surface area contributed by atoms with Gasteiger partial charge in [0.2, 0.25) is 0 Å². The summed E-state index contributed by atoms with van der Waals surface area (Å²) in [6.07, 6.45) is 3.25. The zero-order valence-electron chi connectivity index (χ0n) is 10.0. The number of hydrogen-bond donors (Lipinski definition) is 1. The van der Waals surface area contributed by atoms with Gasteiger partial charge in [-0.2, -0.15) is 0 Å². The predicted molar refractivity (Wildman–Crippen MR) is 70.0 cm³/mol. The Balaban J connectivity index is 1.99. The van der Waals surface area contributed by atoms with Gasteiger partial charge in [0.25, 0.3) is 0 Å². The molecule has 0 amide bonds. The second-order valence-corrected chi connectivity index (χ2v) is 4.22. The standard InChI is InChI=1S/C14H11N3O2/c18-14(19)12-6-11-13(7-15-12)17(9-16-11)8-10-4-2-1-3-5-10/h1-7,9H,8H2,(H,18,19). The summed E-state index contributed by atoms with van der Waals surface area (Å²) in [6, 6.07) is 11.5. The molecule has 0 radical (unpaired) electrons. The van der Waals surface area contributed by atoms with E-state index in [-0.39, 0.29) is 5.69 Å². The minimum Gasteiger partial charge on any atom is -0.477 e. The van der Waals surface area contributed by atoms with Gasteiger partial charge in [0.05, 0.1) is 23.6 Å². The van der Waals surface area contributed by atoms with Crippen molar-refractivity contribution in [3.8, 4) is 0 Å². The predicted octanol–water partition coefficient (Wildman–Crippen LogP) is 2.18. The average molecular weight is 253 g/mol. The number of carbonyl (C=O) groups is 1. The quantitative estimate of drug-likeness (QED) is 0.776. The van der Waals surface area contributed by atoms with Crippen molar-refractivity contribution in [3.05, 3.63) is 60.2 Å². The average Bonchev–Trinajstić information content (AvgIpc) is 2.82. The Morgan fingerprint density at radius 2 is 2.00 bits per heavy atom. The number of carboxylic acid groups (broad SMARTS) is 1. The van der Waals surface area contributed by atoms with E-state index < -0.39 is 5.97 Å². The largest absolute Gasteiger partial charge is 0.477 e. The van der Waals surface area contributed by atoms with E-state index in [4.69, 9.17) is 5.11 Å². The summed E-state index contributed by atoms with van der Waals surface area (Å²) in [5.41, 5.74) is 2.64. The number of aromatic carboxylic acids is 1. The van der Waals surface area contributed by atoms with Crippen LogP contribution >= 0.6 is 0 Å². The number of hydrogen-bond acceptors (Lipinski definition) is 3. The molecule has 5 nitrogen and oxygen atoms in total. The third-order valence-corrected chi connectivity index (χ3v) is 2.92. The molecule has 0 atom stereocenters. The Morgan fingerprint density at radius 3 is 2.74 bits per heavy atom. The van der Waals surface area contributed by atoms with Crippen molar-refractivity contribution in [1.82, 2.24) is 14.5 Å². The van der Waals surface area contributed by atoms with Gasteiger partial charge in [-0.3, -0.25) is 0 Å². The van der Waals surface area contributed by atoms with Crippen molar-refractivity contribution >= 4 is 17.0 Å². The molecular weight excluding hydrogens is 242 g/mol. The molecule has 1 N–H and O–H groups in total. The van der Waals surface area contributed by atoms with Crippen LogP contribution in [0.4, 0.5) is 0 Å². The van der Waals surface area contributed by atoms with Crippen LogP contribution < -0.4 is 0 Å². The summed E-state index contributed by atoms with van der Waals surface area (Å²) in [5.74, 6) is -1.04. The second-order valence-electron chi connectivity index (χ2n) is 4.22. The molecule has 0 spiro atoms. The van der Waals surface area contributed by atoms with E-state index in [0.29, 0.717) is 12.1 Å². The van der Waals surface area contributed by atoms with Gasteiger partial charge in [0.1, 0.15) is 5.69 Å². The van der Waals surface area contributed by atoms with Crippen molar-refractivity contribution in [2.24, 2.45) is 0 Å². The molecule has 5 heteroatoms. The number of carboxylic acids is 1. The smallest absolute Gasteiger partial charge is 0.354 e. The van der Waals surface area contributed by atoms with E-state index >= 15 is 0 Å². The van der Waals surface area contributed by atoms with Gasteiger partial charge in [-0.15, -0.1) is 0 Å². The van der Waals surface area contributed by atoms with E-state index in [9.17, 15) is 4.79 Å². The van der Waals surface area contributed by atoms with Gasteiger partial charge < -0.3 is 9.67 Å². The van der Waals surface area contributed by atoms with Crippen molar-refractivity contribution < 1.29 is 9.90 Å². The Bertz CT molecular complexity index is 735. The topological polar surface area (TPSA) is 68.0 Å². The van der Waals surface area contributed by atoms with Crippen LogP contribution in [0, 0.1) is 0 Å². The Kier molecular flexibility index (Phi) is 2.72. The number of benzene rings is 1. The summed E-state index contributed by atoms with van der Waals surface area (Å²) >= 11 is 0. The number of pyridine rings is 1. The minimum absolute atomic E-state index is 0.0115. The third kappa shape index (κ3) is 2.18. The molecule has 3 rings (SSSR count). The Hall–Kier alpha value is -2.69. The van der Waals surface area contributed by atoms with Crippen molar-refractivity contribution in [1.29, 1.82) is 0 Å². The molecule has 0 bridgehead atoms. The van der Waals surface area contributed by atoms with Crippen LogP contribution in [0.2, 0.25) is 0 Å². The highest BCUT2D eigenvalue weighted by Gasteiger charge is 2.09. The second kappa shape index (κ2) is 4.53. The fourth-order valence-electron chi connectivity index (χ4n) is 1.98. The van der Waals surface area contributed by atoms with Gasteiger partial charge in [0.15, 0.2) is 0 Å². The zero-order valence-corrected chi connectivity index (χ0v) is 10.0. The summed E-state index contributed by atoms with van der Waals surface area (Å²) in [4.78, 5) is 19.0. The summed E-state index contributed by atoms with van der Waals surface area (Å²) < 4.78 is 1.95. The lowest BCUT2D eigenvalue weighted by Crippen LogP contribution is -2.01. The maximum atomic E-state index is 10.8. The zero-order chi connectivity index (χ0) is 13.2. The molecular formula is C14H11N3O2. The van der Waals surface area contributed by atoms with Crippen LogP contribution in [0.3, 0.4) is 0 Å². The SMILES string of the molecule is O=C(O)c1cc2ncn(Cc3ccccc3)c2cn1. The number of aromatic nitrogens is 3. The maximum absolute atomic E-state index is 10.8. The summed E-state index contributed by atoms with van der Waals surface area (Å²) in [6.45, 7) is 0.686. The molecule has 19 heavy (non-hydrogen) atoms. The molecule has 2 aromatic heterocycles. The van der Waals surface area contributed by atoms with Crippen LogP contribution in [0.25, 0.3) is 11.0 Å². The molecule has 0 aliphatic rings. The van der Waals surface area contributed by atoms with E-state index in [1.807, 2.05) is 34.9 Å². The van der Waals surface area contributed by atoms with Crippen LogP contribution in [0.15, 0.2) is 48.9 Å². The maximum Gasteiger partial charge on any atom is 0.354 e. The highest BCUT2D eigenvalue weighted by molar-refractivity contribution is 5.89. The van der Waals surface area contributed by atoms with E-state index in [0.717, 1.165) is 11.1 Å². The first-order valence-corrected chi connectivity index (χ1v) is 5.82. The van der Waals surface area contributed by atoms with E-state index in [1.165, 1.54) is 6.07 Å². The highest BCUT2D eigenvalue weighted by Crippen LogP contribution is 2.14. The first-order chi connectivity index (χ1) is 9.24. The van der Waals surface area contributed by atoms with Crippen LogP contribution in [0.1, 0.15) is 16.1 Å². The monoisotopic (exact) mass is 253 g/mol. The van der Waals surface area contributed by atoms with Gasteiger partial charge in [0, 0.05) is 6.54 Å². The first kappa shape index (κ1) is 11.4. The number of imidazole rings is 1. The lowest BCUT2D eigenvalue weighted by atomic mass is 10.2. The van der Waals surface area contributed by atoms with Crippen LogP contribution in [-0.2, 0) is 6.54 Å². The lowest BCUT2D eigenvalue weighted by molar-refractivity contribution is 0.0690. The van der Waals surface area contributed by atoms with Crippen molar-refractivity contribution in [2.45, 2.75) is 6.54 Å². The molecule has 0 saturated carbocycles. The fraction of sp³-hybridized carbons (Fsp3) is 0.0714. The summed E-state index contributed by atoms with van der Waals surface area (Å²) in [5, 5.41) is 8.89. The normalized spacial score (nSPS) is 10.7. The molecule has 0 fully saturated rings. The van der Waals surface area contributed by atoms with Gasteiger partial charge in [-0.05, 0) is 11.6 Å². The molecule has 0 unspecified atom stereocenters. The summed E-state index contributed by atoms with van der Waals surface area (Å²) in [7, 11) is 0. The van der Waals surface area contributed by atoms with Crippen LogP contribution in [0.5, 0.6) is 0 Å². The van der Waals surface area contributed by atoms with Gasteiger partial charge in [-0.1, -0.05) is 30.3 Å². The highest BCUT2D eigenvalue weighted by atomic mass is 16.4. The van der Waals surface area contributed by atoms with E-state index in [1.54, 1.807) is 12.5 Å². The molecule has 0 aliphatic carbocycles. The lowest BCUT2D eigenvalue weighted by Gasteiger charge is -2.04. The third-order valence-electron chi connectivity index (χ3n) is 2.92. The van der Waals surface area contributed by atoms with Gasteiger partial charge >= 0.3 is 5.97 Å². The van der Waals surface area contributed by atoms with Crippen molar-refractivity contribution in [2.75, 3.05) is 0 Å². The minimum atomic E-state index is -1.04. The van der Waals surface area contributed by atoms with Crippen molar-refractivity contribution in [3.63, 3.8) is 0 Å². The fourth-order valence-corrected chi connectivity index (χ4v) is 1.98. The van der Waals surface area contributed by atoms with Crippen LogP contribution in [-0.4, -0.2) is 25.6 Å². The molecule has 0 aliphatic heterocycles.